The second-order valence-electron chi connectivity index (χ2n) is 15.2. The Morgan fingerprint density at radius 1 is 0.688 bits per heavy atom. The van der Waals surface area contributed by atoms with Gasteiger partial charge >= 0.3 is 5.97 Å². The molecule has 0 radical (unpaired) electrons. The molecular weight excluding hydrogens is 392 g/mol. The number of ether oxygens (including phenoxy) is 1. The Morgan fingerprint density at radius 3 is 2.03 bits per heavy atom. The van der Waals surface area contributed by atoms with Crippen LogP contribution in [0.4, 0.5) is 0 Å². The topological polar surface area (TPSA) is 26.3 Å². The molecule has 1 heterocycles. The lowest BCUT2D eigenvalue weighted by Gasteiger charge is -2.74. The Labute approximate surface area is 198 Å². The fourth-order valence-corrected chi connectivity index (χ4v) is 11.0. The molecule has 32 heavy (non-hydrogen) atoms. The zero-order chi connectivity index (χ0) is 23.4. The molecule has 5 rings (SSSR count). The molecule has 2 nitrogen and oxygen atoms in total. The molecule has 5 aliphatic rings. The standard InChI is InChI=1S/C30H50O2/c1-20-24(31)32-18-10-21-27(20,5)11-9-22-28(21,6)15-17-30(8)23-19-25(2,3)12-13-26(23,4)14-16-29(22,30)7/h20-23H,9-19H2,1-8H3/t20-,21+,22+,23+,26+,27+,28-,29+,30-/m0/s1. The summed E-state index contributed by atoms with van der Waals surface area (Å²) in [5.41, 5.74) is 2.32. The van der Waals surface area contributed by atoms with Gasteiger partial charge in [-0.25, -0.2) is 0 Å². The maximum absolute atomic E-state index is 12.7. The summed E-state index contributed by atoms with van der Waals surface area (Å²) in [5, 5.41) is 0. The normalized spacial score (nSPS) is 57.2. The minimum Gasteiger partial charge on any atom is -0.465 e. The van der Waals surface area contributed by atoms with E-state index in [-0.39, 0.29) is 17.3 Å². The van der Waals surface area contributed by atoms with Gasteiger partial charge in [-0.15, -0.1) is 0 Å². The van der Waals surface area contributed by atoms with Crippen LogP contribution in [0.2, 0.25) is 0 Å². The van der Waals surface area contributed by atoms with E-state index in [9.17, 15) is 4.79 Å². The maximum atomic E-state index is 12.7. The van der Waals surface area contributed by atoms with E-state index >= 15 is 0 Å². The van der Waals surface area contributed by atoms with Crippen LogP contribution < -0.4 is 0 Å². The molecule has 0 unspecified atom stereocenters. The average molecular weight is 443 g/mol. The van der Waals surface area contributed by atoms with E-state index < -0.39 is 0 Å². The number of carbonyl (C=O) groups excluding carboxylic acids is 1. The van der Waals surface area contributed by atoms with Crippen LogP contribution in [0.25, 0.3) is 0 Å². The molecule has 0 amide bonds. The smallest absolute Gasteiger partial charge is 0.309 e. The third-order valence-electron chi connectivity index (χ3n) is 13.6. The van der Waals surface area contributed by atoms with E-state index in [1.54, 1.807) is 0 Å². The number of cyclic esters (lactones) is 1. The predicted molar refractivity (Wildman–Crippen MR) is 131 cm³/mol. The molecule has 4 saturated carbocycles. The molecule has 0 aromatic carbocycles. The van der Waals surface area contributed by atoms with Crippen molar-refractivity contribution in [1.82, 2.24) is 0 Å². The van der Waals surface area contributed by atoms with Crippen LogP contribution in [0.5, 0.6) is 0 Å². The first-order valence-corrected chi connectivity index (χ1v) is 13.9. The Morgan fingerprint density at radius 2 is 1.31 bits per heavy atom. The van der Waals surface area contributed by atoms with Crippen LogP contribution in [-0.4, -0.2) is 12.6 Å². The highest BCUT2D eigenvalue weighted by Gasteiger charge is 2.70. The number of hydrogen-bond donors (Lipinski definition) is 0. The average Bonchev–Trinajstić information content (AvgIpc) is 2.83. The van der Waals surface area contributed by atoms with Crippen molar-refractivity contribution in [2.24, 2.45) is 56.2 Å². The molecule has 5 fully saturated rings. The number of rotatable bonds is 0. The van der Waals surface area contributed by atoms with Gasteiger partial charge in [0.15, 0.2) is 0 Å². The highest BCUT2D eigenvalue weighted by molar-refractivity contribution is 5.73. The zero-order valence-corrected chi connectivity index (χ0v) is 22.4. The van der Waals surface area contributed by atoms with Crippen LogP contribution >= 0.6 is 0 Å². The third kappa shape index (κ3) is 2.79. The van der Waals surface area contributed by atoms with Crippen LogP contribution in [0.1, 0.15) is 120 Å². The quantitative estimate of drug-likeness (QED) is 0.355. The zero-order valence-electron chi connectivity index (χ0n) is 22.4. The first-order valence-electron chi connectivity index (χ1n) is 13.9. The van der Waals surface area contributed by atoms with Gasteiger partial charge in [-0.2, -0.15) is 0 Å². The van der Waals surface area contributed by atoms with Crippen molar-refractivity contribution >= 4 is 5.97 Å². The minimum atomic E-state index is 0.0303. The molecule has 0 aromatic heterocycles. The molecule has 182 valence electrons. The monoisotopic (exact) mass is 442 g/mol. The van der Waals surface area contributed by atoms with Gasteiger partial charge in [-0.1, -0.05) is 55.4 Å². The van der Waals surface area contributed by atoms with Crippen molar-refractivity contribution in [2.45, 2.75) is 120 Å². The highest BCUT2D eigenvalue weighted by Crippen LogP contribution is 2.78. The van der Waals surface area contributed by atoms with Gasteiger partial charge in [0.05, 0.1) is 12.5 Å². The molecule has 0 spiro atoms. The van der Waals surface area contributed by atoms with Crippen LogP contribution in [0.15, 0.2) is 0 Å². The lowest BCUT2D eigenvalue weighted by molar-refractivity contribution is -0.253. The SMILES string of the molecule is C[C@H]1C(=O)OCC[C@H]2[C@]3(C)CC[C@@]4(C)[C@@H]5CC(C)(C)CC[C@]5(C)CC[C@]4(C)[C@@H]3CC[C@@]21C. The number of carbonyl (C=O) groups is 1. The second-order valence-corrected chi connectivity index (χ2v) is 15.2. The van der Waals surface area contributed by atoms with Crippen LogP contribution in [-0.2, 0) is 9.53 Å². The van der Waals surface area contributed by atoms with Gasteiger partial charge in [0.2, 0.25) is 0 Å². The van der Waals surface area contributed by atoms with E-state index in [4.69, 9.17) is 4.74 Å². The van der Waals surface area contributed by atoms with E-state index in [0.29, 0.717) is 39.6 Å². The molecule has 2 heteroatoms. The largest absolute Gasteiger partial charge is 0.465 e. The highest BCUT2D eigenvalue weighted by atomic mass is 16.5. The molecule has 1 aliphatic heterocycles. The van der Waals surface area contributed by atoms with Crippen molar-refractivity contribution in [1.29, 1.82) is 0 Å². The summed E-state index contributed by atoms with van der Waals surface area (Å²) >= 11 is 0. The van der Waals surface area contributed by atoms with Crippen LogP contribution in [0.3, 0.4) is 0 Å². The summed E-state index contributed by atoms with van der Waals surface area (Å²) in [6, 6.07) is 0. The van der Waals surface area contributed by atoms with Gasteiger partial charge in [-0.3, -0.25) is 4.79 Å². The van der Waals surface area contributed by atoms with E-state index in [0.717, 1.165) is 18.3 Å². The number of esters is 1. The fourth-order valence-electron chi connectivity index (χ4n) is 11.0. The summed E-state index contributed by atoms with van der Waals surface area (Å²) < 4.78 is 5.72. The lowest BCUT2D eigenvalue weighted by Crippen LogP contribution is -2.67. The van der Waals surface area contributed by atoms with Gasteiger partial charge < -0.3 is 4.74 Å². The molecule has 9 atom stereocenters. The van der Waals surface area contributed by atoms with E-state index in [1.165, 1.54) is 57.8 Å². The molecular formula is C30H50O2. The van der Waals surface area contributed by atoms with Gasteiger partial charge in [-0.05, 0) is 114 Å². The van der Waals surface area contributed by atoms with Crippen molar-refractivity contribution < 1.29 is 9.53 Å². The molecule has 1 saturated heterocycles. The lowest BCUT2D eigenvalue weighted by atomic mass is 9.30. The van der Waals surface area contributed by atoms with Crippen molar-refractivity contribution in [2.75, 3.05) is 6.61 Å². The number of fused-ring (bicyclic) bond motifs is 7. The molecule has 0 N–H and O–H groups in total. The van der Waals surface area contributed by atoms with Crippen molar-refractivity contribution in [3.63, 3.8) is 0 Å². The van der Waals surface area contributed by atoms with Crippen molar-refractivity contribution in [3.05, 3.63) is 0 Å². The van der Waals surface area contributed by atoms with E-state index in [1.807, 2.05) is 0 Å². The summed E-state index contributed by atoms with van der Waals surface area (Å²) in [6.07, 6.45) is 13.4. The Balaban J connectivity index is 1.55. The number of hydrogen-bond acceptors (Lipinski definition) is 2. The Bertz CT molecular complexity index is 801. The predicted octanol–water partition coefficient (Wildman–Crippen LogP) is 8.04. The van der Waals surface area contributed by atoms with Gasteiger partial charge in [0.25, 0.3) is 0 Å². The summed E-state index contributed by atoms with van der Waals surface area (Å²) in [5.74, 6) is 2.33. The van der Waals surface area contributed by atoms with Gasteiger partial charge in [0.1, 0.15) is 0 Å². The summed E-state index contributed by atoms with van der Waals surface area (Å²) in [4.78, 5) is 12.7. The summed E-state index contributed by atoms with van der Waals surface area (Å²) in [7, 11) is 0. The first-order chi connectivity index (χ1) is 14.7. The van der Waals surface area contributed by atoms with E-state index in [2.05, 4.69) is 55.4 Å². The summed E-state index contributed by atoms with van der Waals surface area (Å²) in [6.45, 7) is 21.0. The Kier molecular flexibility index (Phi) is 4.92. The van der Waals surface area contributed by atoms with Gasteiger partial charge in [0, 0.05) is 0 Å². The fraction of sp³-hybridized carbons (Fsp3) is 0.967. The first kappa shape index (κ1) is 23.2. The minimum absolute atomic E-state index is 0.0303. The van der Waals surface area contributed by atoms with Crippen LogP contribution in [0, 0.1) is 56.2 Å². The Hall–Kier alpha value is -0.530. The maximum Gasteiger partial charge on any atom is 0.309 e. The molecule has 4 aliphatic carbocycles. The third-order valence-corrected chi connectivity index (χ3v) is 13.6. The molecule has 0 bridgehead atoms. The second kappa shape index (κ2) is 6.78. The molecule has 0 aromatic rings. The van der Waals surface area contributed by atoms with Crippen molar-refractivity contribution in [3.8, 4) is 0 Å².